The zero-order chi connectivity index (χ0) is 8.97. The highest BCUT2D eigenvalue weighted by atomic mass is 35.5. The van der Waals surface area contributed by atoms with Gasteiger partial charge in [0.25, 0.3) is 0 Å². The molecular weight excluding hydrogens is 188 g/mol. The minimum Gasteiger partial charge on any atom is -0.123 e. The molecule has 1 atom stereocenters. The number of rotatable bonds is 3. The fourth-order valence-corrected chi connectivity index (χ4v) is 1.76. The van der Waals surface area contributed by atoms with Crippen molar-refractivity contribution in [1.82, 2.24) is 0 Å². The molecule has 0 saturated heterocycles. The van der Waals surface area contributed by atoms with Crippen molar-refractivity contribution in [2.45, 2.75) is 23.5 Å². The third-order valence-electron chi connectivity index (χ3n) is 1.57. The summed E-state index contributed by atoms with van der Waals surface area (Å²) in [6.45, 7) is 6.14. The molecule has 1 aromatic rings. The van der Waals surface area contributed by atoms with Gasteiger partial charge in [-0.1, -0.05) is 18.5 Å². The standard InChI is InChI=1S/C10H12ClS/c1-3-8(2)12-10-6-4-9(11)5-7-10/h4-8H,2-3H2,1H3. The molecule has 0 nitrogen and oxygen atoms in total. The highest BCUT2D eigenvalue weighted by Gasteiger charge is 2.00. The van der Waals surface area contributed by atoms with E-state index in [9.17, 15) is 0 Å². The molecule has 2 heteroatoms. The Hall–Kier alpha value is -0.140. The number of hydrogen-bond acceptors (Lipinski definition) is 1. The van der Waals surface area contributed by atoms with Crippen LogP contribution >= 0.6 is 23.4 Å². The Bertz CT molecular complexity index is 230. The third-order valence-corrected chi connectivity index (χ3v) is 3.03. The first kappa shape index (κ1) is 9.94. The van der Waals surface area contributed by atoms with Gasteiger partial charge in [0.05, 0.1) is 0 Å². The Morgan fingerprint density at radius 2 is 2.00 bits per heavy atom. The first-order valence-electron chi connectivity index (χ1n) is 3.97. The zero-order valence-corrected chi connectivity index (χ0v) is 8.66. The fourth-order valence-electron chi connectivity index (χ4n) is 0.789. The summed E-state index contributed by atoms with van der Waals surface area (Å²) in [4.78, 5) is 1.24. The van der Waals surface area contributed by atoms with Gasteiger partial charge in [-0.15, -0.1) is 11.8 Å². The van der Waals surface area contributed by atoms with Crippen LogP contribution in [-0.4, -0.2) is 5.25 Å². The van der Waals surface area contributed by atoms with E-state index in [1.165, 1.54) is 4.90 Å². The van der Waals surface area contributed by atoms with E-state index < -0.39 is 0 Å². The molecule has 0 bridgehead atoms. The van der Waals surface area contributed by atoms with Crippen molar-refractivity contribution in [2.75, 3.05) is 0 Å². The molecule has 0 amide bonds. The van der Waals surface area contributed by atoms with Crippen molar-refractivity contribution in [3.05, 3.63) is 36.2 Å². The molecule has 0 saturated carbocycles. The van der Waals surface area contributed by atoms with Gasteiger partial charge in [-0.3, -0.25) is 0 Å². The molecule has 0 aliphatic rings. The van der Waals surface area contributed by atoms with Crippen LogP contribution in [0.1, 0.15) is 13.3 Å². The molecule has 12 heavy (non-hydrogen) atoms. The molecule has 0 aromatic heterocycles. The Labute approximate surface area is 83.3 Å². The van der Waals surface area contributed by atoms with E-state index in [2.05, 4.69) is 13.8 Å². The van der Waals surface area contributed by atoms with Crippen LogP contribution in [0.25, 0.3) is 0 Å². The first-order chi connectivity index (χ1) is 5.72. The number of hydrogen-bond donors (Lipinski definition) is 0. The van der Waals surface area contributed by atoms with Crippen molar-refractivity contribution in [3.8, 4) is 0 Å². The maximum Gasteiger partial charge on any atom is 0.0406 e. The van der Waals surface area contributed by atoms with Crippen molar-refractivity contribution in [3.63, 3.8) is 0 Å². The summed E-state index contributed by atoms with van der Waals surface area (Å²) in [5, 5.41) is 1.22. The quantitative estimate of drug-likeness (QED) is 0.662. The van der Waals surface area contributed by atoms with E-state index in [1.807, 2.05) is 24.3 Å². The molecule has 0 N–H and O–H groups in total. The van der Waals surface area contributed by atoms with Crippen LogP contribution in [0.4, 0.5) is 0 Å². The van der Waals surface area contributed by atoms with Gasteiger partial charge in [0.15, 0.2) is 0 Å². The van der Waals surface area contributed by atoms with E-state index in [4.69, 9.17) is 11.6 Å². The predicted molar refractivity (Wildman–Crippen MR) is 56.7 cm³/mol. The number of thioether (sulfide) groups is 1. The van der Waals surface area contributed by atoms with E-state index in [0.29, 0.717) is 5.25 Å². The van der Waals surface area contributed by atoms with Crippen LogP contribution < -0.4 is 0 Å². The summed E-state index contributed by atoms with van der Waals surface area (Å²) < 4.78 is 0. The molecule has 0 aliphatic carbocycles. The summed E-state index contributed by atoms with van der Waals surface area (Å²) in [6.07, 6.45) is 1.09. The number of benzene rings is 1. The average molecular weight is 200 g/mol. The van der Waals surface area contributed by atoms with Gasteiger partial charge in [0.1, 0.15) is 0 Å². The molecule has 1 unspecified atom stereocenters. The summed E-state index contributed by atoms with van der Waals surface area (Å²) in [5.41, 5.74) is 0. The molecule has 1 aromatic carbocycles. The molecule has 0 fully saturated rings. The predicted octanol–water partition coefficient (Wildman–Crippen LogP) is 4.04. The molecule has 0 aliphatic heterocycles. The highest BCUT2D eigenvalue weighted by molar-refractivity contribution is 8.00. The Kier molecular flexibility index (Phi) is 3.96. The second-order valence-electron chi connectivity index (χ2n) is 2.60. The average Bonchev–Trinajstić information content (AvgIpc) is 2.09. The lowest BCUT2D eigenvalue weighted by molar-refractivity contribution is 0.974. The van der Waals surface area contributed by atoms with Crippen LogP contribution in [0.3, 0.4) is 0 Å². The van der Waals surface area contributed by atoms with Crippen LogP contribution in [-0.2, 0) is 0 Å². The monoisotopic (exact) mass is 199 g/mol. The van der Waals surface area contributed by atoms with E-state index >= 15 is 0 Å². The number of halogens is 1. The highest BCUT2D eigenvalue weighted by Crippen LogP contribution is 2.25. The Morgan fingerprint density at radius 3 is 2.50 bits per heavy atom. The lowest BCUT2D eigenvalue weighted by Crippen LogP contribution is -1.91. The van der Waals surface area contributed by atoms with Crippen molar-refractivity contribution >= 4 is 23.4 Å². The van der Waals surface area contributed by atoms with Crippen molar-refractivity contribution < 1.29 is 0 Å². The van der Waals surface area contributed by atoms with E-state index in [1.54, 1.807) is 11.8 Å². The second kappa shape index (κ2) is 4.78. The van der Waals surface area contributed by atoms with Gasteiger partial charge < -0.3 is 0 Å². The van der Waals surface area contributed by atoms with E-state index in [0.717, 1.165) is 11.4 Å². The van der Waals surface area contributed by atoms with Crippen LogP contribution in [0, 0.1) is 6.92 Å². The van der Waals surface area contributed by atoms with Gasteiger partial charge in [0, 0.05) is 15.2 Å². The van der Waals surface area contributed by atoms with Crippen LogP contribution in [0.15, 0.2) is 29.2 Å². The van der Waals surface area contributed by atoms with Gasteiger partial charge in [-0.05, 0) is 37.6 Å². The lowest BCUT2D eigenvalue weighted by atomic mass is 10.4. The van der Waals surface area contributed by atoms with Crippen molar-refractivity contribution in [1.29, 1.82) is 0 Å². The molecule has 65 valence electrons. The molecule has 1 rings (SSSR count). The minimum atomic E-state index is 0.436. The smallest absolute Gasteiger partial charge is 0.0406 e. The van der Waals surface area contributed by atoms with Gasteiger partial charge in [-0.25, -0.2) is 0 Å². The summed E-state index contributed by atoms with van der Waals surface area (Å²) in [5.74, 6) is 0. The lowest BCUT2D eigenvalue weighted by Gasteiger charge is -2.06. The largest absolute Gasteiger partial charge is 0.123 e. The molecular formula is C10H12ClS. The van der Waals surface area contributed by atoms with Crippen LogP contribution in [0.2, 0.25) is 5.02 Å². The maximum absolute atomic E-state index is 5.76. The van der Waals surface area contributed by atoms with Gasteiger partial charge in [-0.2, -0.15) is 0 Å². The zero-order valence-electron chi connectivity index (χ0n) is 7.09. The minimum absolute atomic E-state index is 0.436. The summed E-state index contributed by atoms with van der Waals surface area (Å²) in [6, 6.07) is 7.88. The SMILES string of the molecule is [CH2]C(CC)Sc1ccc(Cl)cc1. The fraction of sp³-hybridized carbons (Fsp3) is 0.300. The van der Waals surface area contributed by atoms with Crippen molar-refractivity contribution in [2.24, 2.45) is 0 Å². The summed E-state index contributed by atoms with van der Waals surface area (Å²) >= 11 is 7.54. The maximum atomic E-state index is 5.76. The molecule has 0 heterocycles. The first-order valence-corrected chi connectivity index (χ1v) is 5.23. The topological polar surface area (TPSA) is 0 Å². The second-order valence-corrected chi connectivity index (χ2v) is 4.41. The Morgan fingerprint density at radius 1 is 1.42 bits per heavy atom. The third kappa shape index (κ3) is 3.08. The normalized spacial score (nSPS) is 12.9. The van der Waals surface area contributed by atoms with Gasteiger partial charge in [0.2, 0.25) is 0 Å². The van der Waals surface area contributed by atoms with Gasteiger partial charge >= 0.3 is 0 Å². The Balaban J connectivity index is 2.58. The van der Waals surface area contributed by atoms with Crippen LogP contribution in [0.5, 0.6) is 0 Å². The summed E-state index contributed by atoms with van der Waals surface area (Å²) in [7, 11) is 0. The molecule has 0 spiro atoms. The van der Waals surface area contributed by atoms with E-state index in [-0.39, 0.29) is 0 Å². The molecule has 1 radical (unpaired) electrons.